The number of benzene rings is 1. The SMILES string of the molecule is C=C/C(C(=C)NC1=CCC=C(C)C=C1C)=C(/N)C(CC)(CCC)N(C)N(C)Cc1ccc(CCCN(CCC)CCC)c(F)c1F. The number of rotatable bonds is 20. The van der Waals surface area contributed by atoms with E-state index in [-0.39, 0.29) is 6.54 Å². The molecule has 0 heterocycles. The van der Waals surface area contributed by atoms with Crippen molar-refractivity contribution in [1.82, 2.24) is 20.2 Å². The maximum absolute atomic E-state index is 15.5. The Morgan fingerprint density at radius 2 is 1.61 bits per heavy atom. The Morgan fingerprint density at radius 1 is 0.978 bits per heavy atom. The highest BCUT2D eigenvalue weighted by atomic mass is 19.2. The summed E-state index contributed by atoms with van der Waals surface area (Å²) in [5.41, 5.74) is 12.6. The molecule has 1 aromatic carbocycles. The van der Waals surface area contributed by atoms with Crippen molar-refractivity contribution < 1.29 is 8.78 Å². The highest BCUT2D eigenvalue weighted by Gasteiger charge is 2.39. The number of hydrogen-bond acceptors (Lipinski definition) is 5. The first-order chi connectivity index (χ1) is 21.9. The van der Waals surface area contributed by atoms with Gasteiger partial charge in [-0.1, -0.05) is 89.3 Å². The largest absolute Gasteiger partial charge is 0.400 e. The standard InChI is InChI=1S/C39H61F2N5/c1-11-23-39(15-5,38(42)34(14-4)31(8)43-35-20-16-18-29(6)27-30(35)7)45(10)44(9)28-33-22-21-32(36(40)37(33)41)19-17-26-46(24-12-2)25-13-3/h14,18,20-22,27,43H,4,8,11-13,15-17,19,23-26,28,42H2,1-3,5-7,9-10H3/b38-34-. The third kappa shape index (κ3) is 10.00. The van der Waals surface area contributed by atoms with Crippen LogP contribution in [-0.4, -0.2) is 54.2 Å². The van der Waals surface area contributed by atoms with Crippen molar-refractivity contribution in [3.63, 3.8) is 0 Å². The molecule has 0 spiro atoms. The molecule has 5 nitrogen and oxygen atoms in total. The number of allylic oxidation sites excluding steroid dienone is 6. The van der Waals surface area contributed by atoms with Gasteiger partial charge in [-0.3, -0.25) is 0 Å². The van der Waals surface area contributed by atoms with Gasteiger partial charge in [-0.05, 0) is 89.6 Å². The van der Waals surface area contributed by atoms with E-state index in [0.29, 0.717) is 35.4 Å². The molecule has 2 rings (SSSR count). The summed E-state index contributed by atoms with van der Waals surface area (Å²) >= 11 is 0. The van der Waals surface area contributed by atoms with Crippen LogP contribution < -0.4 is 11.1 Å². The maximum atomic E-state index is 15.5. The molecule has 1 atom stereocenters. The summed E-state index contributed by atoms with van der Waals surface area (Å²) in [5, 5.41) is 7.50. The second-order valence-electron chi connectivity index (χ2n) is 12.7. The molecule has 0 amide bonds. The summed E-state index contributed by atoms with van der Waals surface area (Å²) in [7, 11) is 3.87. The van der Waals surface area contributed by atoms with Gasteiger partial charge in [-0.15, -0.1) is 0 Å². The number of nitrogens with zero attached hydrogens (tertiary/aromatic N) is 3. The van der Waals surface area contributed by atoms with Crippen LogP contribution in [0.5, 0.6) is 0 Å². The zero-order chi connectivity index (χ0) is 34.4. The Bertz CT molecular complexity index is 1300. The molecule has 1 aliphatic rings. The smallest absolute Gasteiger partial charge is 0.163 e. The fraction of sp³-hybridized carbons (Fsp3) is 0.538. The maximum Gasteiger partial charge on any atom is 0.163 e. The lowest BCUT2D eigenvalue weighted by Gasteiger charge is -2.47. The van der Waals surface area contributed by atoms with Crippen molar-refractivity contribution in [2.75, 3.05) is 33.7 Å². The number of hydrazine groups is 1. The molecule has 3 N–H and O–H groups in total. The Balaban J connectivity index is 2.31. The Hall–Kier alpha value is -3.00. The number of nitrogens with two attached hydrogens (primary N) is 1. The van der Waals surface area contributed by atoms with Crippen LogP contribution in [0.2, 0.25) is 0 Å². The van der Waals surface area contributed by atoms with Crippen LogP contribution in [0.3, 0.4) is 0 Å². The average Bonchev–Trinajstić information content (AvgIpc) is 3.18. The molecule has 0 aliphatic heterocycles. The molecule has 0 bridgehead atoms. The quantitative estimate of drug-likeness (QED) is 0.110. The van der Waals surface area contributed by atoms with E-state index in [1.807, 2.05) is 19.1 Å². The first-order valence-corrected chi connectivity index (χ1v) is 17.2. The van der Waals surface area contributed by atoms with E-state index in [1.54, 1.807) is 18.2 Å². The van der Waals surface area contributed by atoms with Crippen LogP contribution in [0.15, 0.2) is 83.4 Å². The van der Waals surface area contributed by atoms with Crippen molar-refractivity contribution in [3.8, 4) is 0 Å². The zero-order valence-corrected chi connectivity index (χ0v) is 30.0. The molecular weight excluding hydrogens is 576 g/mol. The summed E-state index contributed by atoms with van der Waals surface area (Å²) < 4.78 is 30.8. The predicted molar refractivity (Wildman–Crippen MR) is 193 cm³/mol. The molecule has 1 aliphatic carbocycles. The Labute approximate surface area is 279 Å². The van der Waals surface area contributed by atoms with Crippen molar-refractivity contribution >= 4 is 0 Å². The number of halogens is 2. The van der Waals surface area contributed by atoms with Crippen LogP contribution in [0, 0.1) is 11.6 Å². The third-order valence-corrected chi connectivity index (χ3v) is 9.26. The monoisotopic (exact) mass is 637 g/mol. The molecule has 0 saturated heterocycles. The van der Waals surface area contributed by atoms with Gasteiger partial charge in [0.1, 0.15) is 0 Å². The van der Waals surface area contributed by atoms with E-state index in [4.69, 9.17) is 5.73 Å². The van der Waals surface area contributed by atoms with E-state index in [0.717, 1.165) is 75.0 Å². The lowest BCUT2D eigenvalue weighted by atomic mass is 9.83. The van der Waals surface area contributed by atoms with Crippen LogP contribution in [0.1, 0.15) is 97.6 Å². The van der Waals surface area contributed by atoms with Gasteiger partial charge in [0.25, 0.3) is 0 Å². The zero-order valence-electron chi connectivity index (χ0n) is 30.0. The fourth-order valence-electron chi connectivity index (χ4n) is 6.59. The molecule has 1 aromatic rings. The third-order valence-electron chi connectivity index (χ3n) is 9.26. The number of hydrogen-bond donors (Lipinski definition) is 2. The number of likely N-dealkylation sites (N-methyl/N-ethyl adjacent to an activating group) is 1. The first-order valence-electron chi connectivity index (χ1n) is 17.2. The van der Waals surface area contributed by atoms with Crippen molar-refractivity contribution in [2.45, 2.75) is 105 Å². The second-order valence-corrected chi connectivity index (χ2v) is 12.7. The normalized spacial score (nSPS) is 15.6. The van der Waals surface area contributed by atoms with Gasteiger partial charge in [0, 0.05) is 48.9 Å². The highest BCUT2D eigenvalue weighted by molar-refractivity contribution is 5.47. The number of nitrogens with one attached hydrogen (secondary N) is 1. The molecule has 0 aromatic heterocycles. The summed E-state index contributed by atoms with van der Waals surface area (Å²) in [6.07, 6.45) is 14.9. The molecule has 7 heteroatoms. The Kier molecular flexibility index (Phi) is 16.2. The first kappa shape index (κ1) is 39.2. The van der Waals surface area contributed by atoms with Gasteiger partial charge in [0.2, 0.25) is 0 Å². The molecular formula is C39H61F2N5. The minimum Gasteiger partial charge on any atom is -0.400 e. The summed E-state index contributed by atoms with van der Waals surface area (Å²) in [6, 6.07) is 3.48. The van der Waals surface area contributed by atoms with E-state index in [2.05, 4.69) is 88.2 Å². The predicted octanol–water partition coefficient (Wildman–Crippen LogP) is 8.93. The Morgan fingerprint density at radius 3 is 2.20 bits per heavy atom. The molecule has 256 valence electrons. The van der Waals surface area contributed by atoms with Gasteiger partial charge in [0.05, 0.1) is 5.54 Å². The van der Waals surface area contributed by atoms with Gasteiger partial charge < -0.3 is 16.0 Å². The van der Waals surface area contributed by atoms with E-state index in [1.165, 1.54) is 5.57 Å². The van der Waals surface area contributed by atoms with Crippen LogP contribution >= 0.6 is 0 Å². The fourth-order valence-corrected chi connectivity index (χ4v) is 6.59. The lowest BCUT2D eigenvalue weighted by molar-refractivity contribution is -0.0688. The molecule has 0 fully saturated rings. The summed E-state index contributed by atoms with van der Waals surface area (Å²) in [6.45, 7) is 24.4. The van der Waals surface area contributed by atoms with Gasteiger partial charge >= 0.3 is 0 Å². The van der Waals surface area contributed by atoms with Gasteiger partial charge in [-0.25, -0.2) is 18.8 Å². The summed E-state index contributed by atoms with van der Waals surface area (Å²) in [4.78, 5) is 2.40. The van der Waals surface area contributed by atoms with E-state index < -0.39 is 17.2 Å². The lowest BCUT2D eigenvalue weighted by Crippen LogP contribution is -2.56. The van der Waals surface area contributed by atoms with Crippen LogP contribution in [0.25, 0.3) is 0 Å². The summed E-state index contributed by atoms with van der Waals surface area (Å²) in [5.74, 6) is -1.51. The van der Waals surface area contributed by atoms with Crippen molar-refractivity contribution in [2.24, 2.45) is 5.73 Å². The minimum atomic E-state index is -0.771. The van der Waals surface area contributed by atoms with Gasteiger partial charge in [0.15, 0.2) is 11.6 Å². The number of aryl methyl sites for hydroxylation is 1. The topological polar surface area (TPSA) is 47.8 Å². The van der Waals surface area contributed by atoms with Gasteiger partial charge in [-0.2, -0.15) is 0 Å². The molecule has 0 saturated carbocycles. The van der Waals surface area contributed by atoms with E-state index in [9.17, 15) is 0 Å². The van der Waals surface area contributed by atoms with Crippen LogP contribution in [0.4, 0.5) is 8.78 Å². The average molecular weight is 638 g/mol. The van der Waals surface area contributed by atoms with Crippen LogP contribution in [-0.2, 0) is 13.0 Å². The van der Waals surface area contributed by atoms with Crippen molar-refractivity contribution in [1.29, 1.82) is 0 Å². The minimum absolute atomic E-state index is 0.199. The highest BCUT2D eigenvalue weighted by Crippen LogP contribution is 2.35. The second kappa shape index (κ2) is 19.0. The van der Waals surface area contributed by atoms with Crippen molar-refractivity contribution in [3.05, 3.63) is 106 Å². The molecule has 46 heavy (non-hydrogen) atoms. The molecule has 0 radical (unpaired) electrons. The van der Waals surface area contributed by atoms with E-state index >= 15 is 8.78 Å². The molecule has 1 unspecified atom stereocenters.